The number of carbonyl (C=O) groups is 1. The lowest BCUT2D eigenvalue weighted by atomic mass is 9.96. The fourth-order valence-electron chi connectivity index (χ4n) is 3.19. The first-order chi connectivity index (χ1) is 12.3. The molecule has 1 aromatic carbocycles. The molecule has 0 aliphatic carbocycles. The third-order valence-corrected chi connectivity index (χ3v) is 6.14. The summed E-state index contributed by atoms with van der Waals surface area (Å²) in [6.45, 7) is 1.43. The highest BCUT2D eigenvalue weighted by Crippen LogP contribution is 2.28. The molecule has 1 aliphatic heterocycles. The lowest BCUT2D eigenvalue weighted by molar-refractivity contribution is -0.135. The van der Waals surface area contributed by atoms with Gasteiger partial charge in [0.15, 0.2) is 11.5 Å². The first kappa shape index (κ1) is 20.5. The van der Waals surface area contributed by atoms with Gasteiger partial charge in [-0.2, -0.15) is 0 Å². The van der Waals surface area contributed by atoms with Crippen LogP contribution in [0.2, 0.25) is 0 Å². The number of amides is 1. The molecule has 1 heterocycles. The fourth-order valence-corrected chi connectivity index (χ4v) is 4.06. The smallest absolute Gasteiger partial charge is 0.225 e. The number of likely N-dealkylation sites (N-methyl/N-ethyl adjacent to an activating group) is 1. The molecule has 26 heavy (non-hydrogen) atoms. The van der Waals surface area contributed by atoms with Gasteiger partial charge < -0.3 is 14.4 Å². The van der Waals surface area contributed by atoms with Crippen molar-refractivity contribution in [3.8, 4) is 11.5 Å². The molecule has 8 heteroatoms. The van der Waals surface area contributed by atoms with Gasteiger partial charge in [-0.3, -0.25) is 4.79 Å². The van der Waals surface area contributed by atoms with Crippen molar-refractivity contribution in [3.63, 3.8) is 0 Å². The van der Waals surface area contributed by atoms with Gasteiger partial charge in [0.1, 0.15) is 0 Å². The Kier molecular flexibility index (Phi) is 6.88. The SMILES string of the molecule is COc1ccc(CCN(C)C(=O)C2CCN(S(C)(=O)=O)CC2)cc1OC. The predicted octanol–water partition coefficient (Wildman–Crippen LogP) is 1.38. The Balaban J connectivity index is 1.88. The summed E-state index contributed by atoms with van der Waals surface area (Å²) in [7, 11) is 1.82. The van der Waals surface area contributed by atoms with Crippen molar-refractivity contribution in [3.05, 3.63) is 23.8 Å². The molecule has 1 aliphatic rings. The van der Waals surface area contributed by atoms with E-state index in [1.54, 1.807) is 26.2 Å². The molecule has 1 saturated heterocycles. The summed E-state index contributed by atoms with van der Waals surface area (Å²) in [5.41, 5.74) is 1.06. The third kappa shape index (κ3) is 5.11. The van der Waals surface area contributed by atoms with E-state index in [0.29, 0.717) is 50.4 Å². The number of benzene rings is 1. The first-order valence-corrected chi connectivity index (χ1v) is 10.5. The standard InChI is InChI=1S/C18H28N2O5S/c1-19(10-7-14-5-6-16(24-2)17(13-14)25-3)18(21)15-8-11-20(12-9-15)26(4,22)23/h5-6,13,15H,7-12H2,1-4H3. The van der Waals surface area contributed by atoms with E-state index >= 15 is 0 Å². The number of piperidine rings is 1. The van der Waals surface area contributed by atoms with Crippen molar-refractivity contribution in [1.29, 1.82) is 0 Å². The Morgan fingerprint density at radius 1 is 1.19 bits per heavy atom. The van der Waals surface area contributed by atoms with Crippen LogP contribution in [-0.2, 0) is 21.2 Å². The van der Waals surface area contributed by atoms with E-state index in [0.717, 1.165) is 5.56 Å². The Hall–Kier alpha value is -1.80. The molecule has 146 valence electrons. The zero-order valence-electron chi connectivity index (χ0n) is 15.9. The van der Waals surface area contributed by atoms with Crippen molar-refractivity contribution in [2.24, 2.45) is 5.92 Å². The molecule has 0 aromatic heterocycles. The molecule has 0 radical (unpaired) electrons. The third-order valence-electron chi connectivity index (χ3n) is 4.83. The molecular formula is C18H28N2O5S. The summed E-state index contributed by atoms with van der Waals surface area (Å²) >= 11 is 0. The van der Waals surface area contributed by atoms with Gasteiger partial charge in [-0.15, -0.1) is 0 Å². The summed E-state index contributed by atoms with van der Waals surface area (Å²) < 4.78 is 35.1. The van der Waals surface area contributed by atoms with Gasteiger partial charge in [-0.1, -0.05) is 6.07 Å². The van der Waals surface area contributed by atoms with Gasteiger partial charge in [0.25, 0.3) is 0 Å². The molecule has 1 aromatic rings. The Bertz CT molecular complexity index is 727. The quantitative estimate of drug-likeness (QED) is 0.710. The molecule has 2 rings (SSSR count). The van der Waals surface area contributed by atoms with Gasteiger partial charge in [0, 0.05) is 32.6 Å². The predicted molar refractivity (Wildman–Crippen MR) is 100 cm³/mol. The summed E-state index contributed by atoms with van der Waals surface area (Å²) in [6, 6.07) is 5.74. The maximum Gasteiger partial charge on any atom is 0.225 e. The summed E-state index contributed by atoms with van der Waals surface area (Å²) in [5, 5.41) is 0. The number of ether oxygens (including phenoxy) is 2. The normalized spacial score (nSPS) is 16.3. The number of methoxy groups -OCH3 is 2. The Labute approximate surface area is 155 Å². The van der Waals surface area contributed by atoms with Crippen LogP contribution in [0.15, 0.2) is 18.2 Å². The Morgan fingerprint density at radius 2 is 1.81 bits per heavy atom. The summed E-state index contributed by atoms with van der Waals surface area (Å²) in [4.78, 5) is 14.3. The molecule has 0 unspecified atom stereocenters. The van der Waals surface area contributed by atoms with Gasteiger partial charge in [0.05, 0.1) is 20.5 Å². The maximum absolute atomic E-state index is 12.6. The van der Waals surface area contributed by atoms with E-state index in [-0.39, 0.29) is 11.8 Å². The number of carbonyl (C=O) groups excluding carboxylic acids is 1. The highest BCUT2D eigenvalue weighted by atomic mass is 32.2. The first-order valence-electron chi connectivity index (χ1n) is 8.67. The van der Waals surface area contributed by atoms with Crippen LogP contribution in [-0.4, -0.2) is 70.7 Å². The van der Waals surface area contributed by atoms with Gasteiger partial charge in [0.2, 0.25) is 15.9 Å². The van der Waals surface area contributed by atoms with Crippen molar-refractivity contribution in [2.45, 2.75) is 19.3 Å². The van der Waals surface area contributed by atoms with E-state index in [2.05, 4.69) is 0 Å². The van der Waals surface area contributed by atoms with Gasteiger partial charge in [-0.05, 0) is 37.0 Å². The molecule has 0 saturated carbocycles. The minimum absolute atomic E-state index is 0.0821. The van der Waals surface area contributed by atoms with Crippen LogP contribution in [0.3, 0.4) is 0 Å². The molecule has 0 atom stereocenters. The van der Waals surface area contributed by atoms with Crippen molar-refractivity contribution in [1.82, 2.24) is 9.21 Å². The highest BCUT2D eigenvalue weighted by molar-refractivity contribution is 7.88. The molecule has 0 bridgehead atoms. The minimum Gasteiger partial charge on any atom is -0.493 e. The van der Waals surface area contributed by atoms with E-state index < -0.39 is 10.0 Å². The fraction of sp³-hybridized carbons (Fsp3) is 0.611. The second-order valence-corrected chi connectivity index (χ2v) is 8.62. The van der Waals surface area contributed by atoms with E-state index in [1.165, 1.54) is 10.6 Å². The molecular weight excluding hydrogens is 356 g/mol. The number of rotatable bonds is 7. The van der Waals surface area contributed by atoms with Crippen LogP contribution < -0.4 is 9.47 Å². The second-order valence-electron chi connectivity index (χ2n) is 6.64. The largest absolute Gasteiger partial charge is 0.493 e. The van der Waals surface area contributed by atoms with Crippen molar-refractivity contribution in [2.75, 3.05) is 47.2 Å². The lowest BCUT2D eigenvalue weighted by Gasteiger charge is -2.31. The van der Waals surface area contributed by atoms with Crippen LogP contribution in [0.4, 0.5) is 0 Å². The van der Waals surface area contributed by atoms with E-state index in [1.807, 2.05) is 18.2 Å². The van der Waals surface area contributed by atoms with Crippen molar-refractivity contribution < 1.29 is 22.7 Å². The number of sulfonamides is 1. The number of hydrogen-bond acceptors (Lipinski definition) is 5. The average Bonchev–Trinajstić information content (AvgIpc) is 2.64. The van der Waals surface area contributed by atoms with Crippen LogP contribution >= 0.6 is 0 Å². The number of hydrogen-bond donors (Lipinski definition) is 0. The van der Waals surface area contributed by atoms with Crippen LogP contribution in [0.1, 0.15) is 18.4 Å². The van der Waals surface area contributed by atoms with Gasteiger partial charge in [-0.25, -0.2) is 12.7 Å². The Morgan fingerprint density at radius 3 is 2.35 bits per heavy atom. The maximum atomic E-state index is 12.6. The highest BCUT2D eigenvalue weighted by Gasteiger charge is 2.30. The second kappa shape index (κ2) is 8.73. The molecule has 0 spiro atoms. The van der Waals surface area contributed by atoms with E-state index in [4.69, 9.17) is 9.47 Å². The molecule has 1 amide bonds. The topological polar surface area (TPSA) is 76.2 Å². The minimum atomic E-state index is -3.17. The monoisotopic (exact) mass is 384 g/mol. The van der Waals surface area contributed by atoms with E-state index in [9.17, 15) is 13.2 Å². The molecule has 1 fully saturated rings. The lowest BCUT2D eigenvalue weighted by Crippen LogP contribution is -2.43. The molecule has 0 N–H and O–H groups in total. The zero-order valence-corrected chi connectivity index (χ0v) is 16.7. The van der Waals surface area contributed by atoms with Crippen LogP contribution in [0.25, 0.3) is 0 Å². The summed E-state index contributed by atoms with van der Waals surface area (Å²) in [6.07, 6.45) is 3.08. The van der Waals surface area contributed by atoms with Crippen LogP contribution in [0, 0.1) is 5.92 Å². The van der Waals surface area contributed by atoms with Crippen LogP contribution in [0.5, 0.6) is 11.5 Å². The summed E-state index contributed by atoms with van der Waals surface area (Å²) in [5.74, 6) is 1.33. The average molecular weight is 384 g/mol. The number of nitrogens with zero attached hydrogens (tertiary/aromatic N) is 2. The molecule has 7 nitrogen and oxygen atoms in total. The van der Waals surface area contributed by atoms with Crippen molar-refractivity contribution >= 4 is 15.9 Å². The zero-order chi connectivity index (χ0) is 19.3. The van der Waals surface area contributed by atoms with Gasteiger partial charge >= 0.3 is 0 Å².